The molecule has 1 aromatic carbocycles. The molecule has 1 heterocycles. The number of nitrogens with one attached hydrogen (secondary N) is 1. The van der Waals surface area contributed by atoms with Crippen LogP contribution in [0.2, 0.25) is 0 Å². The molecule has 4 heteroatoms. The summed E-state index contributed by atoms with van der Waals surface area (Å²) in [7, 11) is 1.98. The number of hydrogen-bond acceptors (Lipinski definition) is 3. The molecule has 0 bridgehead atoms. The van der Waals surface area contributed by atoms with E-state index in [9.17, 15) is 5.11 Å². The molecule has 4 nitrogen and oxygen atoms in total. The molecule has 2 N–H and O–H groups in total. The van der Waals surface area contributed by atoms with Gasteiger partial charge in [-0.3, -0.25) is 4.68 Å². The molecule has 0 spiro atoms. The Balaban J connectivity index is 1.76. The van der Waals surface area contributed by atoms with Gasteiger partial charge in [-0.1, -0.05) is 25.1 Å². The lowest BCUT2D eigenvalue weighted by Gasteiger charge is -2.38. The third-order valence-electron chi connectivity index (χ3n) is 5.00. The quantitative estimate of drug-likeness (QED) is 0.909. The van der Waals surface area contributed by atoms with Crippen LogP contribution in [0.15, 0.2) is 24.3 Å². The number of rotatable bonds is 4. The predicted octanol–water partition coefficient (Wildman–Crippen LogP) is 2.60. The van der Waals surface area contributed by atoms with Crippen LogP contribution in [0.1, 0.15) is 38.3 Å². The maximum absolute atomic E-state index is 9.84. The fraction of sp³-hybridized carbons (Fsp3) is 0.588. The largest absolute Gasteiger partial charge is 0.394 e. The van der Waals surface area contributed by atoms with E-state index >= 15 is 0 Å². The highest BCUT2D eigenvalue weighted by molar-refractivity contribution is 5.81. The number of para-hydroxylation sites is 1. The van der Waals surface area contributed by atoms with Gasteiger partial charge < -0.3 is 10.4 Å². The molecule has 1 aliphatic carbocycles. The summed E-state index contributed by atoms with van der Waals surface area (Å²) in [6.07, 6.45) is 4.48. The van der Waals surface area contributed by atoms with Crippen LogP contribution < -0.4 is 5.32 Å². The van der Waals surface area contributed by atoms with Gasteiger partial charge in [0.15, 0.2) is 0 Å². The molecule has 0 atom stereocenters. The van der Waals surface area contributed by atoms with E-state index in [1.807, 2.05) is 17.8 Å². The fourth-order valence-electron chi connectivity index (χ4n) is 3.40. The van der Waals surface area contributed by atoms with Gasteiger partial charge in [0.05, 0.1) is 17.8 Å². The molecule has 1 saturated carbocycles. The molecule has 0 saturated heterocycles. The van der Waals surface area contributed by atoms with Gasteiger partial charge >= 0.3 is 0 Å². The monoisotopic (exact) mass is 287 g/mol. The topological polar surface area (TPSA) is 50.1 Å². The predicted molar refractivity (Wildman–Crippen MR) is 85.0 cm³/mol. The lowest BCUT2D eigenvalue weighted by atomic mass is 9.77. The molecule has 3 rings (SSSR count). The van der Waals surface area contributed by atoms with Gasteiger partial charge in [0, 0.05) is 24.5 Å². The summed E-state index contributed by atoms with van der Waals surface area (Å²) in [5.41, 5.74) is 2.11. The Morgan fingerprint density at radius 2 is 2.05 bits per heavy atom. The number of nitrogens with zero attached hydrogens (tertiary/aromatic N) is 2. The van der Waals surface area contributed by atoms with Crippen LogP contribution >= 0.6 is 0 Å². The summed E-state index contributed by atoms with van der Waals surface area (Å²) < 4.78 is 1.93. The van der Waals surface area contributed by atoms with E-state index in [0.717, 1.165) is 36.5 Å². The van der Waals surface area contributed by atoms with E-state index in [1.54, 1.807) is 0 Å². The van der Waals surface area contributed by atoms with E-state index in [-0.39, 0.29) is 12.1 Å². The number of benzene rings is 1. The van der Waals surface area contributed by atoms with Gasteiger partial charge in [-0.05, 0) is 37.7 Å². The minimum Gasteiger partial charge on any atom is -0.394 e. The van der Waals surface area contributed by atoms with Crippen molar-refractivity contribution in [3.8, 4) is 0 Å². The third kappa shape index (κ3) is 2.83. The number of aryl methyl sites for hydroxylation is 1. The lowest BCUT2D eigenvalue weighted by molar-refractivity contribution is 0.104. The first-order chi connectivity index (χ1) is 10.1. The maximum Gasteiger partial charge on any atom is 0.0841 e. The van der Waals surface area contributed by atoms with E-state index in [2.05, 4.69) is 35.5 Å². The molecule has 1 aromatic heterocycles. The Bertz CT molecular complexity index is 612. The Kier molecular flexibility index (Phi) is 4.00. The second-order valence-corrected chi connectivity index (χ2v) is 6.56. The molecule has 114 valence electrons. The third-order valence-corrected chi connectivity index (χ3v) is 5.00. The summed E-state index contributed by atoms with van der Waals surface area (Å²) in [6.45, 7) is 3.23. The van der Waals surface area contributed by atoms with Crippen molar-refractivity contribution in [2.75, 3.05) is 6.61 Å². The van der Waals surface area contributed by atoms with Crippen LogP contribution in [0.5, 0.6) is 0 Å². The molecule has 21 heavy (non-hydrogen) atoms. The molecule has 2 aromatic rings. The lowest BCUT2D eigenvalue weighted by Crippen LogP contribution is -2.50. The van der Waals surface area contributed by atoms with Gasteiger partial charge in [0.2, 0.25) is 0 Å². The molecular formula is C17H25N3O. The second-order valence-electron chi connectivity index (χ2n) is 6.56. The number of aliphatic hydroxyl groups excluding tert-OH is 1. The van der Waals surface area contributed by atoms with Crippen molar-refractivity contribution >= 4 is 10.9 Å². The first kappa shape index (κ1) is 14.5. The number of fused-ring (bicyclic) bond motifs is 1. The van der Waals surface area contributed by atoms with Crippen LogP contribution in [0.25, 0.3) is 10.9 Å². The summed E-state index contributed by atoms with van der Waals surface area (Å²) in [6, 6.07) is 8.31. The number of hydrogen-bond donors (Lipinski definition) is 2. The highest BCUT2D eigenvalue weighted by Crippen LogP contribution is 2.32. The molecule has 0 radical (unpaired) electrons. The first-order valence-corrected chi connectivity index (χ1v) is 7.90. The molecular weight excluding hydrogens is 262 g/mol. The molecule has 0 aliphatic heterocycles. The van der Waals surface area contributed by atoms with Crippen LogP contribution in [-0.4, -0.2) is 27.0 Å². The molecule has 0 unspecified atom stereocenters. The highest BCUT2D eigenvalue weighted by atomic mass is 16.3. The van der Waals surface area contributed by atoms with Gasteiger partial charge in [-0.2, -0.15) is 5.10 Å². The maximum atomic E-state index is 9.84. The minimum atomic E-state index is -0.120. The summed E-state index contributed by atoms with van der Waals surface area (Å²) in [5.74, 6) is 0.780. The van der Waals surface area contributed by atoms with Crippen LogP contribution in [0.3, 0.4) is 0 Å². The molecule has 1 fully saturated rings. The molecule has 1 aliphatic rings. The molecule has 0 amide bonds. The zero-order valence-corrected chi connectivity index (χ0v) is 13.0. The summed E-state index contributed by atoms with van der Waals surface area (Å²) in [5, 5.41) is 19.3. The van der Waals surface area contributed by atoms with E-state index in [4.69, 9.17) is 0 Å². The number of aliphatic hydroxyl groups is 1. The van der Waals surface area contributed by atoms with Crippen LogP contribution in [0, 0.1) is 5.92 Å². The van der Waals surface area contributed by atoms with Crippen LogP contribution in [0.4, 0.5) is 0 Å². The highest BCUT2D eigenvalue weighted by Gasteiger charge is 2.33. The van der Waals surface area contributed by atoms with Gasteiger partial charge in [-0.25, -0.2) is 0 Å². The van der Waals surface area contributed by atoms with Crippen molar-refractivity contribution in [2.24, 2.45) is 13.0 Å². The Hall–Kier alpha value is -1.39. The smallest absolute Gasteiger partial charge is 0.0841 e. The average molecular weight is 287 g/mol. The van der Waals surface area contributed by atoms with Gasteiger partial charge in [-0.15, -0.1) is 0 Å². The van der Waals surface area contributed by atoms with Gasteiger partial charge in [0.25, 0.3) is 0 Å². The summed E-state index contributed by atoms with van der Waals surface area (Å²) >= 11 is 0. The Labute approximate surface area is 126 Å². The SMILES string of the molecule is CC1CCC(CO)(NCc2nn(C)c3ccccc23)CC1. The van der Waals surface area contributed by atoms with Crippen molar-refractivity contribution in [2.45, 2.75) is 44.7 Å². The van der Waals surface area contributed by atoms with Crippen molar-refractivity contribution in [3.63, 3.8) is 0 Å². The van der Waals surface area contributed by atoms with Crippen molar-refractivity contribution < 1.29 is 5.11 Å². The summed E-state index contributed by atoms with van der Waals surface area (Å²) in [4.78, 5) is 0. The second kappa shape index (κ2) is 5.78. The van der Waals surface area contributed by atoms with E-state index in [1.165, 1.54) is 18.2 Å². The fourth-order valence-corrected chi connectivity index (χ4v) is 3.40. The van der Waals surface area contributed by atoms with Crippen molar-refractivity contribution in [3.05, 3.63) is 30.0 Å². The average Bonchev–Trinajstić information content (AvgIpc) is 2.84. The van der Waals surface area contributed by atoms with Crippen LogP contribution in [-0.2, 0) is 13.6 Å². The van der Waals surface area contributed by atoms with Crippen molar-refractivity contribution in [1.82, 2.24) is 15.1 Å². The van der Waals surface area contributed by atoms with E-state index in [0.29, 0.717) is 0 Å². The standard InChI is InChI=1S/C17H25N3O/c1-13-7-9-17(12-21,10-8-13)18-11-15-14-5-3-4-6-16(14)20(2)19-15/h3-6,13,18,21H,7-12H2,1-2H3. The van der Waals surface area contributed by atoms with E-state index < -0.39 is 0 Å². The normalized spacial score (nSPS) is 26.3. The van der Waals surface area contributed by atoms with Gasteiger partial charge in [0.1, 0.15) is 0 Å². The first-order valence-electron chi connectivity index (χ1n) is 7.90. The minimum absolute atomic E-state index is 0.120. The number of aromatic nitrogens is 2. The van der Waals surface area contributed by atoms with Crippen molar-refractivity contribution in [1.29, 1.82) is 0 Å². The zero-order chi connectivity index (χ0) is 14.9. The zero-order valence-electron chi connectivity index (χ0n) is 13.0. The Morgan fingerprint density at radius 3 is 2.76 bits per heavy atom. The Morgan fingerprint density at radius 1 is 1.33 bits per heavy atom.